The van der Waals surface area contributed by atoms with Crippen molar-refractivity contribution in [2.75, 3.05) is 27.4 Å². The Bertz CT molecular complexity index is 1830. The summed E-state index contributed by atoms with van der Waals surface area (Å²) in [4.78, 5) is 0. The van der Waals surface area contributed by atoms with Crippen LogP contribution in [0.25, 0.3) is 0 Å². The molecular weight excluding hydrogens is 805 g/mol. The maximum Gasteiger partial charge on any atom is 0.192 e. The number of rotatable bonds is 20. The summed E-state index contributed by atoms with van der Waals surface area (Å²) in [5.41, 5.74) is 3.43. The van der Waals surface area contributed by atoms with Gasteiger partial charge in [-0.25, -0.2) is 0 Å². The van der Waals surface area contributed by atoms with Gasteiger partial charge in [-0.05, 0) is 122 Å². The van der Waals surface area contributed by atoms with Gasteiger partial charge in [0.25, 0.3) is 0 Å². The molecule has 7 nitrogen and oxygen atoms in total. The lowest BCUT2D eigenvalue weighted by Crippen LogP contribution is -2.42. The number of hydrogen-bond acceptors (Lipinski definition) is 7. The second-order valence-electron chi connectivity index (χ2n) is 21.6. The maximum absolute atomic E-state index is 7.36. The summed E-state index contributed by atoms with van der Waals surface area (Å²) in [6, 6.07) is 27.3. The van der Waals surface area contributed by atoms with Gasteiger partial charge in [0.15, 0.2) is 8.32 Å². The van der Waals surface area contributed by atoms with Crippen molar-refractivity contribution in [2.24, 2.45) is 29.6 Å². The standard InChI is InChI=1S/C53H79O7Si2/c1-52(2,3)62(10,11)58-35-50(46-22-16-18-24-48(46)55-7)60-43-29-37-25-41(26-38(37)30-43)51(53(4,5)61(8)9)57-34-49(45-21-15-17-23-47(45)54-6)59-44-31-39-27-42(28-40(39)32-44)56-33-36-19-13-12-14-20-36/h12-24,37-44,49-51H,25-35H2,1-11H3/t37-,38+,39-,40+,41?,42?,43?,44?,49?,50?,51?. The highest BCUT2D eigenvalue weighted by Gasteiger charge is 2.50. The number of methoxy groups -OCH3 is 2. The fraction of sp³-hybridized carbons (Fsp3) is 0.660. The second-order valence-corrected chi connectivity index (χ2v) is 29.7. The van der Waals surface area contributed by atoms with Gasteiger partial charge in [-0.15, -0.1) is 0 Å². The van der Waals surface area contributed by atoms with Crippen LogP contribution in [0.15, 0.2) is 78.9 Å². The summed E-state index contributed by atoms with van der Waals surface area (Å²) in [6.45, 7) is 23.2. The molecular formula is C53H79O7Si2. The third kappa shape index (κ3) is 11.1. The van der Waals surface area contributed by atoms with Crippen molar-refractivity contribution in [1.82, 2.24) is 0 Å². The molecule has 0 aromatic heterocycles. The molecule has 3 aromatic carbocycles. The van der Waals surface area contributed by atoms with E-state index in [1.165, 1.54) is 18.4 Å². The zero-order valence-corrected chi connectivity index (χ0v) is 42.0. The van der Waals surface area contributed by atoms with E-state index in [1.54, 1.807) is 14.2 Å². The number of ether oxygens (including phenoxy) is 6. The summed E-state index contributed by atoms with van der Waals surface area (Å²) in [5.74, 6) is 4.83. The highest BCUT2D eigenvalue weighted by atomic mass is 28.4. The molecule has 0 saturated heterocycles. The molecule has 4 fully saturated rings. The van der Waals surface area contributed by atoms with Crippen LogP contribution in [-0.4, -0.2) is 69.0 Å². The number of benzene rings is 3. The molecule has 0 amide bonds. The molecule has 9 heteroatoms. The largest absolute Gasteiger partial charge is 0.496 e. The molecule has 3 aromatic rings. The Balaban J connectivity index is 1.00. The zero-order chi connectivity index (χ0) is 44.2. The van der Waals surface area contributed by atoms with Crippen LogP contribution in [-0.2, 0) is 30.0 Å². The van der Waals surface area contributed by atoms with E-state index in [0.29, 0.717) is 55.5 Å². The smallest absolute Gasteiger partial charge is 0.192 e. The Morgan fingerprint density at radius 2 is 1.05 bits per heavy atom. The van der Waals surface area contributed by atoms with E-state index in [-0.39, 0.29) is 40.6 Å². The molecule has 0 N–H and O–H groups in total. The van der Waals surface area contributed by atoms with Crippen molar-refractivity contribution in [3.8, 4) is 11.5 Å². The maximum atomic E-state index is 7.36. The van der Waals surface area contributed by atoms with Crippen molar-refractivity contribution in [3.63, 3.8) is 0 Å². The Hall–Kier alpha value is -2.51. The van der Waals surface area contributed by atoms with Crippen LogP contribution in [0.4, 0.5) is 0 Å². The third-order valence-corrected chi connectivity index (χ3v) is 23.6. The predicted octanol–water partition coefficient (Wildman–Crippen LogP) is 13.0. The lowest BCUT2D eigenvalue weighted by Gasteiger charge is -2.42. The van der Waals surface area contributed by atoms with Crippen LogP contribution in [0.3, 0.4) is 0 Å². The summed E-state index contributed by atoms with van der Waals surface area (Å²) in [6.07, 6.45) is 9.52. The molecule has 341 valence electrons. The van der Waals surface area contributed by atoms with E-state index >= 15 is 0 Å². The van der Waals surface area contributed by atoms with Gasteiger partial charge in [0.05, 0.1) is 67.3 Å². The molecule has 4 aliphatic rings. The first kappa shape index (κ1) is 47.5. The quantitative estimate of drug-likeness (QED) is 0.105. The second kappa shape index (κ2) is 20.3. The van der Waals surface area contributed by atoms with E-state index in [2.05, 4.69) is 128 Å². The van der Waals surface area contributed by atoms with Gasteiger partial charge < -0.3 is 32.8 Å². The van der Waals surface area contributed by atoms with Gasteiger partial charge in [-0.2, -0.15) is 0 Å². The number of para-hydroxylation sites is 2. The van der Waals surface area contributed by atoms with Crippen LogP contribution in [0.2, 0.25) is 36.3 Å². The molecule has 1 radical (unpaired) electrons. The fourth-order valence-electron chi connectivity index (χ4n) is 11.2. The normalized spacial score (nSPS) is 27.9. The van der Waals surface area contributed by atoms with Gasteiger partial charge in [0, 0.05) is 11.1 Å². The average Bonchev–Trinajstić information content (AvgIpc) is 4.01. The summed E-state index contributed by atoms with van der Waals surface area (Å²) >= 11 is 0. The molecule has 0 heterocycles. The van der Waals surface area contributed by atoms with Gasteiger partial charge in [-0.3, -0.25) is 0 Å². The van der Waals surface area contributed by atoms with Crippen LogP contribution in [0.1, 0.15) is 115 Å². The van der Waals surface area contributed by atoms with Crippen LogP contribution < -0.4 is 9.47 Å². The third-order valence-electron chi connectivity index (χ3n) is 16.2. The van der Waals surface area contributed by atoms with Crippen LogP contribution in [0.5, 0.6) is 11.5 Å². The van der Waals surface area contributed by atoms with Crippen LogP contribution in [0, 0.1) is 29.6 Å². The van der Waals surface area contributed by atoms with Gasteiger partial charge in [0.1, 0.15) is 23.7 Å². The molecule has 62 heavy (non-hydrogen) atoms. The van der Waals surface area contributed by atoms with E-state index < -0.39 is 17.1 Å². The molecule has 7 unspecified atom stereocenters. The lowest BCUT2D eigenvalue weighted by molar-refractivity contribution is -0.0992. The van der Waals surface area contributed by atoms with Crippen molar-refractivity contribution >= 4 is 17.1 Å². The van der Waals surface area contributed by atoms with Crippen molar-refractivity contribution in [2.45, 2.75) is 165 Å². The van der Waals surface area contributed by atoms with E-state index in [1.807, 2.05) is 12.1 Å². The molecule has 11 atom stereocenters. The van der Waals surface area contributed by atoms with Gasteiger partial charge in [-0.1, -0.05) is 114 Å². The number of fused-ring (bicyclic) bond motifs is 2. The molecule has 0 aliphatic heterocycles. The molecule has 4 saturated carbocycles. The fourth-order valence-corrected chi connectivity index (χ4v) is 13.0. The Kier molecular flexibility index (Phi) is 15.6. The van der Waals surface area contributed by atoms with E-state index in [4.69, 9.17) is 32.8 Å². The van der Waals surface area contributed by atoms with Crippen LogP contribution >= 0.6 is 0 Å². The first-order valence-corrected chi connectivity index (χ1v) is 29.3. The van der Waals surface area contributed by atoms with Gasteiger partial charge in [0.2, 0.25) is 0 Å². The minimum absolute atomic E-state index is 0.0877. The first-order chi connectivity index (χ1) is 29.6. The topological polar surface area (TPSA) is 64.6 Å². The SMILES string of the molecule is COc1ccccc1C(COC(C1C[C@H]2CC(OC(CO[Si](C)(C)C(C)(C)C)c3ccccc3OC)C[C@H]2C1)C(C)(C)[Si](C)C)OC1C[C@H]2CC(OCc3ccccc3)C[C@H]2C1. The van der Waals surface area contributed by atoms with E-state index in [9.17, 15) is 0 Å². The molecule has 0 spiro atoms. The highest BCUT2D eigenvalue weighted by molar-refractivity contribution is 6.74. The zero-order valence-electron chi connectivity index (χ0n) is 40.0. The Morgan fingerprint density at radius 1 is 0.597 bits per heavy atom. The molecule has 4 aliphatic carbocycles. The minimum atomic E-state index is -1.98. The Morgan fingerprint density at radius 3 is 1.53 bits per heavy atom. The highest BCUT2D eigenvalue weighted by Crippen LogP contribution is 2.55. The van der Waals surface area contributed by atoms with Gasteiger partial charge >= 0.3 is 0 Å². The van der Waals surface area contributed by atoms with Crippen molar-refractivity contribution in [1.29, 1.82) is 0 Å². The molecule has 7 rings (SSSR count). The monoisotopic (exact) mass is 884 g/mol. The van der Waals surface area contributed by atoms with Crippen molar-refractivity contribution in [3.05, 3.63) is 95.6 Å². The minimum Gasteiger partial charge on any atom is -0.496 e. The predicted molar refractivity (Wildman–Crippen MR) is 255 cm³/mol. The lowest BCUT2D eigenvalue weighted by atomic mass is 9.88. The number of hydrogen-bond donors (Lipinski definition) is 0. The summed E-state index contributed by atoms with van der Waals surface area (Å²) < 4.78 is 46.7. The molecule has 0 bridgehead atoms. The Labute approximate surface area is 378 Å². The summed E-state index contributed by atoms with van der Waals surface area (Å²) in [7, 11) is 0.852. The first-order valence-electron chi connectivity index (χ1n) is 23.8. The average molecular weight is 884 g/mol. The van der Waals surface area contributed by atoms with E-state index in [0.717, 1.165) is 61.2 Å². The van der Waals surface area contributed by atoms with Crippen molar-refractivity contribution < 1.29 is 32.8 Å². The summed E-state index contributed by atoms with van der Waals surface area (Å²) in [5, 5.41) is 0.213.